The number of rotatable bonds is 4. The van der Waals surface area contributed by atoms with Gasteiger partial charge in [0.2, 0.25) is 0 Å². The molecule has 0 bridgehead atoms. The summed E-state index contributed by atoms with van der Waals surface area (Å²) in [5, 5.41) is 2.62. The third-order valence-corrected chi connectivity index (χ3v) is 4.62. The van der Waals surface area contributed by atoms with Crippen molar-refractivity contribution in [2.45, 2.75) is 44.8 Å². The van der Waals surface area contributed by atoms with Gasteiger partial charge in [0.1, 0.15) is 17.5 Å². The molecule has 1 aliphatic rings. The van der Waals surface area contributed by atoms with Gasteiger partial charge in [-0.25, -0.2) is 9.18 Å². The van der Waals surface area contributed by atoms with Crippen LogP contribution < -0.4 is 5.32 Å². The van der Waals surface area contributed by atoms with E-state index in [1.165, 1.54) is 12.1 Å². The third kappa shape index (κ3) is 2.78. The molecule has 1 heterocycles. The van der Waals surface area contributed by atoms with Crippen molar-refractivity contribution in [1.29, 1.82) is 0 Å². The molecule has 0 saturated carbocycles. The predicted molar refractivity (Wildman–Crippen MR) is 86.1 cm³/mol. The van der Waals surface area contributed by atoms with E-state index in [1.807, 2.05) is 0 Å². The van der Waals surface area contributed by atoms with Crippen molar-refractivity contribution in [3.8, 4) is 0 Å². The van der Waals surface area contributed by atoms with Crippen LogP contribution in [0.1, 0.15) is 38.7 Å². The Kier molecular flexibility index (Phi) is 4.92. The van der Waals surface area contributed by atoms with Crippen LogP contribution in [0.5, 0.6) is 0 Å². The SMILES string of the molecule is CCCC[C@@H]1N(C)C(=O)[C@@](C)(c2ccc(F)cc2)N1C(=O)NC. The number of amides is 3. The molecule has 0 spiro atoms. The van der Waals surface area contributed by atoms with Gasteiger partial charge in [-0.15, -0.1) is 0 Å². The van der Waals surface area contributed by atoms with Crippen molar-refractivity contribution in [1.82, 2.24) is 15.1 Å². The van der Waals surface area contributed by atoms with E-state index in [9.17, 15) is 14.0 Å². The first kappa shape index (κ1) is 17.2. The van der Waals surface area contributed by atoms with Crippen LogP contribution in [-0.2, 0) is 10.3 Å². The first-order chi connectivity index (χ1) is 10.9. The third-order valence-electron chi connectivity index (χ3n) is 4.62. The molecule has 2 rings (SSSR count). The molecule has 0 unspecified atom stereocenters. The molecule has 1 fully saturated rings. The molecule has 0 aliphatic carbocycles. The van der Waals surface area contributed by atoms with Gasteiger partial charge in [-0.1, -0.05) is 25.5 Å². The average Bonchev–Trinajstić information content (AvgIpc) is 2.74. The number of unbranched alkanes of at least 4 members (excludes halogenated alkanes) is 1. The Morgan fingerprint density at radius 2 is 1.96 bits per heavy atom. The molecular formula is C17H24FN3O2. The molecule has 6 heteroatoms. The van der Waals surface area contributed by atoms with Crippen LogP contribution in [0.4, 0.5) is 9.18 Å². The number of carbonyl (C=O) groups is 2. The van der Waals surface area contributed by atoms with E-state index in [2.05, 4.69) is 12.2 Å². The second-order valence-corrected chi connectivity index (χ2v) is 6.04. The fourth-order valence-electron chi connectivity index (χ4n) is 3.26. The maximum Gasteiger partial charge on any atom is 0.319 e. The lowest BCUT2D eigenvalue weighted by molar-refractivity contribution is -0.132. The zero-order valence-electron chi connectivity index (χ0n) is 14.1. The quantitative estimate of drug-likeness (QED) is 0.927. The summed E-state index contributed by atoms with van der Waals surface area (Å²) in [6.07, 6.45) is 2.29. The molecule has 1 aromatic rings. The maximum absolute atomic E-state index is 13.2. The molecular weight excluding hydrogens is 297 g/mol. The lowest BCUT2D eigenvalue weighted by atomic mass is 9.90. The zero-order chi connectivity index (χ0) is 17.2. The monoisotopic (exact) mass is 321 g/mol. The van der Waals surface area contributed by atoms with E-state index in [0.29, 0.717) is 12.0 Å². The Morgan fingerprint density at radius 1 is 1.35 bits per heavy atom. The van der Waals surface area contributed by atoms with Crippen LogP contribution >= 0.6 is 0 Å². The van der Waals surface area contributed by atoms with Gasteiger partial charge in [-0.3, -0.25) is 9.69 Å². The van der Waals surface area contributed by atoms with Crippen LogP contribution in [0.2, 0.25) is 0 Å². The Bertz CT molecular complexity index is 590. The number of hydrogen-bond acceptors (Lipinski definition) is 2. The summed E-state index contributed by atoms with van der Waals surface area (Å²) in [6, 6.07) is 5.46. The van der Waals surface area contributed by atoms with E-state index in [4.69, 9.17) is 0 Å². The molecule has 23 heavy (non-hydrogen) atoms. The number of carbonyl (C=O) groups excluding carboxylic acids is 2. The van der Waals surface area contributed by atoms with Crippen LogP contribution in [0.15, 0.2) is 24.3 Å². The normalized spacial score (nSPS) is 24.2. The molecule has 1 N–H and O–H groups in total. The number of likely N-dealkylation sites (N-methyl/N-ethyl adjacent to an activating group) is 1. The zero-order valence-corrected chi connectivity index (χ0v) is 14.1. The number of halogens is 1. The highest BCUT2D eigenvalue weighted by molar-refractivity contribution is 5.95. The van der Waals surface area contributed by atoms with Gasteiger partial charge in [-0.2, -0.15) is 0 Å². The van der Waals surface area contributed by atoms with Gasteiger partial charge in [0.25, 0.3) is 5.91 Å². The van der Waals surface area contributed by atoms with Gasteiger partial charge < -0.3 is 10.2 Å². The van der Waals surface area contributed by atoms with Gasteiger partial charge in [0.15, 0.2) is 0 Å². The van der Waals surface area contributed by atoms with Crippen molar-refractivity contribution in [3.05, 3.63) is 35.6 Å². The summed E-state index contributed by atoms with van der Waals surface area (Å²) >= 11 is 0. The smallest absolute Gasteiger partial charge is 0.319 e. The van der Waals surface area contributed by atoms with E-state index in [0.717, 1.165) is 12.8 Å². The highest BCUT2D eigenvalue weighted by Gasteiger charge is 2.56. The minimum absolute atomic E-state index is 0.159. The highest BCUT2D eigenvalue weighted by Crippen LogP contribution is 2.40. The van der Waals surface area contributed by atoms with Crippen LogP contribution in [0, 0.1) is 5.82 Å². The summed E-state index contributed by atoms with van der Waals surface area (Å²) < 4.78 is 13.2. The molecule has 0 aromatic heterocycles. The van der Waals surface area contributed by atoms with Crippen LogP contribution in [0.3, 0.4) is 0 Å². The topological polar surface area (TPSA) is 52.7 Å². The van der Waals surface area contributed by atoms with Crippen molar-refractivity contribution in [3.63, 3.8) is 0 Å². The molecule has 0 radical (unpaired) electrons. The van der Waals surface area contributed by atoms with Crippen molar-refractivity contribution in [2.75, 3.05) is 14.1 Å². The number of nitrogens with one attached hydrogen (secondary N) is 1. The summed E-state index contributed by atoms with van der Waals surface area (Å²) in [7, 11) is 3.26. The van der Waals surface area contributed by atoms with Gasteiger partial charge in [-0.05, 0) is 37.5 Å². The van der Waals surface area contributed by atoms with E-state index >= 15 is 0 Å². The lowest BCUT2D eigenvalue weighted by Gasteiger charge is -2.35. The molecule has 1 aliphatic heterocycles. The van der Waals surface area contributed by atoms with Gasteiger partial charge in [0.05, 0.1) is 0 Å². The van der Waals surface area contributed by atoms with Crippen molar-refractivity contribution in [2.24, 2.45) is 0 Å². The number of nitrogens with zero attached hydrogens (tertiary/aromatic N) is 2. The summed E-state index contributed by atoms with van der Waals surface area (Å²) in [5.74, 6) is -0.529. The Balaban J connectivity index is 2.51. The Hall–Kier alpha value is -2.11. The van der Waals surface area contributed by atoms with Gasteiger partial charge >= 0.3 is 6.03 Å². The van der Waals surface area contributed by atoms with E-state index in [-0.39, 0.29) is 23.9 Å². The van der Waals surface area contributed by atoms with E-state index < -0.39 is 5.54 Å². The highest BCUT2D eigenvalue weighted by atomic mass is 19.1. The maximum atomic E-state index is 13.2. The second kappa shape index (κ2) is 6.56. The number of hydrogen-bond donors (Lipinski definition) is 1. The van der Waals surface area contributed by atoms with Crippen LogP contribution in [0.25, 0.3) is 0 Å². The summed E-state index contributed by atoms with van der Waals surface area (Å²) in [4.78, 5) is 28.6. The first-order valence-electron chi connectivity index (χ1n) is 7.92. The summed E-state index contributed by atoms with van der Waals surface area (Å²) in [5.41, 5.74) is -0.528. The van der Waals surface area contributed by atoms with Gasteiger partial charge in [0, 0.05) is 14.1 Å². The molecule has 126 valence electrons. The largest absolute Gasteiger partial charge is 0.341 e. The molecule has 1 aromatic carbocycles. The molecule has 2 atom stereocenters. The number of benzene rings is 1. The molecule has 1 saturated heterocycles. The Morgan fingerprint density at radius 3 is 2.48 bits per heavy atom. The Labute approximate surface area is 136 Å². The van der Waals surface area contributed by atoms with E-state index in [1.54, 1.807) is 43.0 Å². The minimum atomic E-state index is -1.14. The van der Waals surface area contributed by atoms with Crippen molar-refractivity contribution < 1.29 is 14.0 Å². The standard InChI is InChI=1S/C17H24FN3O2/c1-5-6-7-14-20(4)15(22)17(2,21(14)16(23)19-3)12-8-10-13(18)11-9-12/h8-11,14H,5-7H2,1-4H3,(H,19,23)/t14-,17-/m1/s1. The number of urea groups is 1. The lowest BCUT2D eigenvalue weighted by Crippen LogP contribution is -2.52. The fourth-order valence-corrected chi connectivity index (χ4v) is 3.26. The van der Waals surface area contributed by atoms with Crippen molar-refractivity contribution >= 4 is 11.9 Å². The summed E-state index contributed by atoms with van der Waals surface area (Å²) in [6.45, 7) is 3.79. The molecule has 3 amide bonds. The minimum Gasteiger partial charge on any atom is -0.341 e. The second-order valence-electron chi connectivity index (χ2n) is 6.04. The van der Waals surface area contributed by atoms with Crippen LogP contribution in [-0.4, -0.2) is 42.0 Å². The average molecular weight is 321 g/mol. The molecule has 5 nitrogen and oxygen atoms in total. The fraction of sp³-hybridized carbons (Fsp3) is 0.529. The predicted octanol–water partition coefficient (Wildman–Crippen LogP) is 2.67. The first-order valence-corrected chi connectivity index (χ1v) is 7.92.